The summed E-state index contributed by atoms with van der Waals surface area (Å²) in [6, 6.07) is 0. The Kier molecular flexibility index (Phi) is 2.50. The molecule has 1 fully saturated rings. The lowest BCUT2D eigenvalue weighted by atomic mass is 9.98. The van der Waals surface area contributed by atoms with Crippen molar-refractivity contribution >= 4 is 9.24 Å². The van der Waals surface area contributed by atoms with Crippen molar-refractivity contribution in [1.29, 1.82) is 0 Å². The Morgan fingerprint density at radius 1 is 1.33 bits per heavy atom. The average molecular weight is 195 g/mol. The zero-order valence-corrected chi connectivity index (χ0v) is 8.73. The van der Waals surface area contributed by atoms with E-state index in [1.807, 2.05) is 0 Å². The third-order valence-corrected chi connectivity index (χ3v) is 2.89. The Labute approximate surface area is 73.7 Å². The topological polar surface area (TPSA) is 69.9 Å². The van der Waals surface area contributed by atoms with Gasteiger partial charge in [0.25, 0.3) is 0 Å². The number of rotatable bonds is 1. The van der Waals surface area contributed by atoms with Crippen LogP contribution < -0.4 is 0 Å². The summed E-state index contributed by atoms with van der Waals surface area (Å²) in [4.78, 5) is 0. The Morgan fingerprint density at radius 3 is 2.00 bits per heavy atom. The fourth-order valence-electron chi connectivity index (χ4n) is 1.45. The minimum absolute atomic E-state index is 0.293. The summed E-state index contributed by atoms with van der Waals surface area (Å²) >= 11 is 0. The third-order valence-electron chi connectivity index (χ3n) is 2.33. The van der Waals surface area contributed by atoms with Crippen LogP contribution in [0.15, 0.2) is 0 Å². The zero-order valence-electron chi connectivity index (χ0n) is 7.32. The molecule has 0 amide bonds. The first kappa shape index (κ1) is 10.4. The molecule has 0 aromatic rings. The Balaban J connectivity index is 2.88. The monoisotopic (exact) mass is 195 g/mol. The van der Waals surface area contributed by atoms with E-state index in [1.165, 1.54) is 9.24 Å². The van der Waals surface area contributed by atoms with Crippen molar-refractivity contribution in [3.8, 4) is 0 Å². The van der Waals surface area contributed by atoms with Crippen molar-refractivity contribution < 1.29 is 20.1 Å². The molecule has 72 valence electrons. The van der Waals surface area contributed by atoms with E-state index < -0.39 is 23.2 Å². The Hall–Kier alpha value is 0.270. The lowest BCUT2D eigenvalue weighted by Gasteiger charge is -2.24. The van der Waals surface area contributed by atoms with E-state index in [9.17, 15) is 10.2 Å². The lowest BCUT2D eigenvalue weighted by Crippen LogP contribution is -2.43. The molecule has 12 heavy (non-hydrogen) atoms. The van der Waals surface area contributed by atoms with Crippen LogP contribution >= 0.6 is 9.24 Å². The van der Waals surface area contributed by atoms with E-state index in [1.54, 1.807) is 13.8 Å². The van der Waals surface area contributed by atoms with Crippen LogP contribution in [0.1, 0.15) is 13.8 Å². The van der Waals surface area contributed by atoms with Crippen LogP contribution in [0.2, 0.25) is 0 Å². The van der Waals surface area contributed by atoms with Crippen LogP contribution in [-0.4, -0.2) is 45.1 Å². The molecule has 0 radical (unpaired) electrons. The highest BCUT2D eigenvalue weighted by Gasteiger charge is 2.58. The van der Waals surface area contributed by atoms with Crippen molar-refractivity contribution in [2.24, 2.45) is 0 Å². The lowest BCUT2D eigenvalue weighted by molar-refractivity contribution is -0.104. The maximum atomic E-state index is 9.52. The standard InChI is InChI=1S/C7H15O4P/c1-6(3-8)4(9)5(10)7(2,12)11-6/h4-5,8-10H,3,12H2,1-2H3/p+1. The molecule has 5 heteroatoms. The molecule has 4 nitrogen and oxygen atoms in total. The molecule has 1 heterocycles. The highest BCUT2D eigenvalue weighted by Crippen LogP contribution is 2.41. The molecule has 0 aliphatic carbocycles. The molecule has 1 aliphatic rings. The Morgan fingerprint density at radius 2 is 1.83 bits per heavy atom. The summed E-state index contributed by atoms with van der Waals surface area (Å²) in [5.74, 6) is 0. The molecule has 3 N–H and O–H groups in total. The first-order valence-corrected chi connectivity index (χ1v) is 4.57. The first-order chi connectivity index (χ1) is 5.33. The van der Waals surface area contributed by atoms with Crippen molar-refractivity contribution in [3.63, 3.8) is 0 Å². The molecule has 1 rings (SSSR count). The summed E-state index contributed by atoms with van der Waals surface area (Å²) < 4.78 is 5.37. The second kappa shape index (κ2) is 2.89. The van der Waals surface area contributed by atoms with Crippen LogP contribution in [0.4, 0.5) is 0 Å². The number of hydrogen-bond donors (Lipinski definition) is 3. The largest absolute Gasteiger partial charge is 0.393 e. The van der Waals surface area contributed by atoms with Crippen LogP contribution in [-0.2, 0) is 4.74 Å². The van der Waals surface area contributed by atoms with Gasteiger partial charge in [0.15, 0.2) is 5.34 Å². The average Bonchev–Trinajstić information content (AvgIpc) is 2.13. The highest BCUT2D eigenvalue weighted by atomic mass is 31.0. The van der Waals surface area contributed by atoms with Crippen LogP contribution in [0.25, 0.3) is 0 Å². The molecule has 5 atom stereocenters. The molecule has 0 bridgehead atoms. The van der Waals surface area contributed by atoms with E-state index in [0.29, 0.717) is 0 Å². The molecular weight excluding hydrogens is 179 g/mol. The number of aliphatic hydroxyl groups is 3. The summed E-state index contributed by atoms with van der Waals surface area (Å²) in [6.07, 6.45) is -1.96. The van der Waals surface area contributed by atoms with E-state index in [4.69, 9.17) is 9.84 Å². The number of ether oxygens (including phenoxy) is 1. The minimum Gasteiger partial charge on any atom is -0.393 e. The van der Waals surface area contributed by atoms with E-state index >= 15 is 0 Å². The number of hydrogen-bond acceptors (Lipinski definition) is 4. The van der Waals surface area contributed by atoms with Crippen LogP contribution in [0.3, 0.4) is 0 Å². The summed E-state index contributed by atoms with van der Waals surface area (Å²) in [5, 5.41) is 27.2. The zero-order chi connectivity index (χ0) is 9.57. The Bertz CT molecular complexity index is 184. The quantitative estimate of drug-likeness (QED) is 0.460. The van der Waals surface area contributed by atoms with Gasteiger partial charge in [-0.2, -0.15) is 0 Å². The molecule has 0 aromatic carbocycles. The predicted octanol–water partition coefficient (Wildman–Crippen LogP) is -1.19. The third kappa shape index (κ3) is 1.38. The van der Waals surface area contributed by atoms with Gasteiger partial charge < -0.3 is 20.1 Å². The van der Waals surface area contributed by atoms with Gasteiger partial charge in [0.1, 0.15) is 17.8 Å². The smallest absolute Gasteiger partial charge is 0.196 e. The molecule has 0 spiro atoms. The SMILES string of the molecule is CC1([PH3+])OC(C)(CO)C(O)C1O. The van der Waals surface area contributed by atoms with E-state index in [0.717, 1.165) is 0 Å². The van der Waals surface area contributed by atoms with Gasteiger partial charge in [-0.15, -0.1) is 0 Å². The van der Waals surface area contributed by atoms with E-state index in [2.05, 4.69) is 0 Å². The molecule has 5 unspecified atom stereocenters. The summed E-state index contributed by atoms with van der Waals surface area (Å²) in [6.45, 7) is 2.99. The predicted molar refractivity (Wildman–Crippen MR) is 48.1 cm³/mol. The first-order valence-electron chi connectivity index (χ1n) is 3.86. The van der Waals surface area contributed by atoms with Gasteiger partial charge in [-0.3, -0.25) is 0 Å². The van der Waals surface area contributed by atoms with Gasteiger partial charge in [0, 0.05) is 16.2 Å². The fraction of sp³-hybridized carbons (Fsp3) is 1.00. The summed E-state index contributed by atoms with van der Waals surface area (Å²) in [5.41, 5.74) is -1.03. The van der Waals surface area contributed by atoms with Gasteiger partial charge in [0.2, 0.25) is 0 Å². The maximum Gasteiger partial charge on any atom is 0.196 e. The maximum absolute atomic E-state index is 9.52. The fourth-order valence-corrected chi connectivity index (χ4v) is 2.00. The molecule has 1 aliphatic heterocycles. The van der Waals surface area contributed by atoms with Gasteiger partial charge in [-0.1, -0.05) is 0 Å². The van der Waals surface area contributed by atoms with Gasteiger partial charge in [-0.25, -0.2) is 0 Å². The second-order valence-corrected chi connectivity index (χ2v) is 5.18. The van der Waals surface area contributed by atoms with Crippen LogP contribution in [0.5, 0.6) is 0 Å². The van der Waals surface area contributed by atoms with Crippen LogP contribution in [0, 0.1) is 0 Å². The second-order valence-electron chi connectivity index (χ2n) is 3.78. The molecule has 0 saturated carbocycles. The van der Waals surface area contributed by atoms with Crippen molar-refractivity contribution in [1.82, 2.24) is 0 Å². The molecule has 1 saturated heterocycles. The van der Waals surface area contributed by atoms with E-state index in [-0.39, 0.29) is 6.61 Å². The molecule has 0 aromatic heterocycles. The highest BCUT2D eigenvalue weighted by molar-refractivity contribution is 7.18. The number of aliphatic hydroxyl groups excluding tert-OH is 3. The van der Waals surface area contributed by atoms with Crippen molar-refractivity contribution in [2.45, 2.75) is 37.0 Å². The minimum atomic E-state index is -1.03. The molecular formula is C7H16O4P+. The van der Waals surface area contributed by atoms with Gasteiger partial charge in [-0.05, 0) is 6.92 Å². The van der Waals surface area contributed by atoms with Crippen molar-refractivity contribution in [2.75, 3.05) is 6.61 Å². The normalized spacial score (nSPS) is 54.8. The summed E-state index contributed by atoms with van der Waals surface area (Å²) in [7, 11) is 1.47. The van der Waals surface area contributed by atoms with Gasteiger partial charge in [0.05, 0.1) is 6.61 Å². The van der Waals surface area contributed by atoms with Gasteiger partial charge >= 0.3 is 0 Å². The van der Waals surface area contributed by atoms with Crippen molar-refractivity contribution in [3.05, 3.63) is 0 Å².